The maximum atomic E-state index is 13.6. The number of aliphatic hydroxyl groups is 1. The van der Waals surface area contributed by atoms with Gasteiger partial charge in [-0.25, -0.2) is 4.79 Å². The Morgan fingerprint density at radius 2 is 1.84 bits per heavy atom. The Kier molecular flexibility index (Phi) is 10.5. The predicted octanol–water partition coefficient (Wildman–Crippen LogP) is 2.86. The van der Waals surface area contributed by atoms with Crippen molar-refractivity contribution in [2.24, 2.45) is 0 Å². The summed E-state index contributed by atoms with van der Waals surface area (Å²) in [6.07, 6.45) is 0.598. The van der Waals surface area contributed by atoms with Crippen molar-refractivity contribution in [2.45, 2.75) is 31.5 Å². The molecule has 1 amide bonds. The number of H-pyrrole nitrogens is 1. The molecule has 2 aromatic heterocycles. The zero-order chi connectivity index (χ0) is 28.3. The van der Waals surface area contributed by atoms with Crippen molar-refractivity contribution >= 4 is 44.0 Å². The second-order valence-electron chi connectivity index (χ2n) is 10.5. The average Bonchev–Trinajstić information content (AvgIpc) is 3.74. The van der Waals surface area contributed by atoms with Crippen molar-refractivity contribution in [3.63, 3.8) is 0 Å². The number of carbonyl (C=O) groups excluding carboxylic acids is 1. The number of likely N-dealkylation sites (N-methyl/N-ethyl adjacent to an activating group) is 1. The summed E-state index contributed by atoms with van der Waals surface area (Å²) >= 11 is 0. The predicted molar refractivity (Wildman–Crippen MR) is 173 cm³/mol. The first-order valence-electron chi connectivity index (χ1n) is 13.6. The van der Waals surface area contributed by atoms with Crippen LogP contribution in [-0.4, -0.2) is 78.8 Å². The second-order valence-corrected chi connectivity index (χ2v) is 10.5. The van der Waals surface area contributed by atoms with Crippen molar-refractivity contribution in [2.75, 3.05) is 26.7 Å². The van der Waals surface area contributed by atoms with E-state index in [1.54, 1.807) is 15.5 Å². The van der Waals surface area contributed by atoms with Crippen molar-refractivity contribution in [1.82, 2.24) is 35.0 Å². The number of aromatic amines is 1. The van der Waals surface area contributed by atoms with Crippen LogP contribution in [0.25, 0.3) is 22.5 Å². The van der Waals surface area contributed by atoms with Crippen molar-refractivity contribution in [1.29, 1.82) is 0 Å². The summed E-state index contributed by atoms with van der Waals surface area (Å²) in [5.74, 6) is 0.00135. The molecule has 13 heteroatoms. The number of fused-ring (bicyclic) bond motifs is 1. The van der Waals surface area contributed by atoms with Crippen LogP contribution in [0.3, 0.4) is 0 Å². The number of benzene rings is 3. The lowest BCUT2D eigenvalue weighted by molar-refractivity contribution is -0.131. The summed E-state index contributed by atoms with van der Waals surface area (Å²) in [5, 5.41) is 24.0. The Morgan fingerprint density at radius 3 is 2.51 bits per heavy atom. The Balaban J connectivity index is 0.00000212. The van der Waals surface area contributed by atoms with Gasteiger partial charge >= 0.3 is 5.76 Å². The molecule has 0 bridgehead atoms. The number of oxazole rings is 1. The number of hydrogen-bond acceptors (Lipinski definition) is 8. The molecule has 3 heterocycles. The molecule has 43 heavy (non-hydrogen) atoms. The van der Waals surface area contributed by atoms with Gasteiger partial charge in [-0.3, -0.25) is 14.3 Å². The SMILES string of the molecule is CN(C(=O)Cc1ccc2oc(=O)n(Cc3ccc(-c4nn[nH]n4)cc3)c2c1)[C@H](CN1CC[C@H](O)C1)c1ccccc1.S.S. The Labute approximate surface area is 262 Å². The van der Waals surface area contributed by atoms with Crippen molar-refractivity contribution in [3.8, 4) is 11.4 Å². The Bertz CT molecular complexity index is 1690. The fourth-order valence-electron chi connectivity index (χ4n) is 5.42. The van der Waals surface area contributed by atoms with Crippen LogP contribution in [0.15, 0.2) is 82.0 Å². The zero-order valence-corrected chi connectivity index (χ0v) is 25.7. The molecular formula is C30H35N7O4S2. The maximum Gasteiger partial charge on any atom is 0.420 e. The van der Waals surface area contributed by atoms with Crippen molar-refractivity contribution < 1.29 is 14.3 Å². The lowest BCUT2D eigenvalue weighted by atomic mass is 10.0. The van der Waals surface area contributed by atoms with E-state index in [-0.39, 0.29) is 51.5 Å². The van der Waals surface area contributed by atoms with Gasteiger partial charge in [0.25, 0.3) is 0 Å². The number of β-amino-alcohol motifs (C(OH)–C–C–N with tert-alkyl or cyclic N) is 1. The fraction of sp³-hybridized carbons (Fsp3) is 0.300. The molecule has 1 saturated heterocycles. The minimum absolute atomic E-state index is 0. The first-order chi connectivity index (χ1) is 19.9. The third-order valence-corrected chi connectivity index (χ3v) is 7.71. The molecule has 0 spiro atoms. The van der Waals surface area contributed by atoms with Crippen LogP contribution in [0, 0.1) is 0 Å². The number of aliphatic hydroxyl groups excluding tert-OH is 1. The first-order valence-corrected chi connectivity index (χ1v) is 13.6. The van der Waals surface area contributed by atoms with Gasteiger partial charge in [0.2, 0.25) is 11.7 Å². The van der Waals surface area contributed by atoms with Crippen LogP contribution in [-0.2, 0) is 17.8 Å². The normalized spacial score (nSPS) is 15.5. The third-order valence-electron chi connectivity index (χ3n) is 7.71. The maximum absolute atomic E-state index is 13.6. The molecule has 5 aromatic rings. The minimum Gasteiger partial charge on any atom is -0.408 e. The van der Waals surface area contributed by atoms with Crippen LogP contribution in [0.5, 0.6) is 0 Å². The van der Waals surface area contributed by atoms with Crippen LogP contribution in [0.2, 0.25) is 0 Å². The zero-order valence-electron chi connectivity index (χ0n) is 23.7. The van der Waals surface area contributed by atoms with E-state index in [1.807, 2.05) is 73.8 Å². The highest BCUT2D eigenvalue weighted by atomic mass is 32.1. The van der Waals surface area contributed by atoms with Gasteiger partial charge in [0, 0.05) is 32.2 Å². The van der Waals surface area contributed by atoms with E-state index in [1.165, 1.54) is 0 Å². The highest BCUT2D eigenvalue weighted by Crippen LogP contribution is 2.25. The van der Waals surface area contributed by atoms with Crippen LogP contribution in [0.4, 0.5) is 0 Å². The Hall–Kier alpha value is -3.91. The molecular weight excluding hydrogens is 587 g/mol. The molecule has 1 aliphatic heterocycles. The number of aromatic nitrogens is 5. The molecule has 2 atom stereocenters. The van der Waals surface area contributed by atoms with E-state index >= 15 is 0 Å². The lowest BCUT2D eigenvalue weighted by Crippen LogP contribution is -2.39. The molecule has 0 unspecified atom stereocenters. The number of carbonyl (C=O) groups is 1. The number of nitrogens with one attached hydrogen (secondary N) is 1. The van der Waals surface area contributed by atoms with Gasteiger partial charge in [0.05, 0.1) is 30.6 Å². The summed E-state index contributed by atoms with van der Waals surface area (Å²) in [5.41, 5.74) is 4.66. The quantitative estimate of drug-likeness (QED) is 0.257. The van der Waals surface area contributed by atoms with E-state index in [0.29, 0.717) is 36.6 Å². The molecule has 1 fully saturated rings. The number of tetrazole rings is 1. The van der Waals surface area contributed by atoms with Gasteiger partial charge in [-0.05, 0) is 40.5 Å². The fourth-order valence-corrected chi connectivity index (χ4v) is 5.42. The summed E-state index contributed by atoms with van der Waals surface area (Å²) in [6, 6.07) is 22.8. The van der Waals surface area contributed by atoms with E-state index in [0.717, 1.165) is 35.2 Å². The number of hydrogen-bond donors (Lipinski definition) is 2. The first kappa shape index (κ1) is 32.0. The molecule has 11 nitrogen and oxygen atoms in total. The highest BCUT2D eigenvalue weighted by molar-refractivity contribution is 7.59. The monoisotopic (exact) mass is 621 g/mol. The summed E-state index contributed by atoms with van der Waals surface area (Å²) in [7, 11) is 1.83. The van der Waals surface area contributed by atoms with Gasteiger partial charge in [-0.1, -0.05) is 60.7 Å². The van der Waals surface area contributed by atoms with Crippen LogP contribution in [0.1, 0.15) is 29.2 Å². The topological polar surface area (TPSA) is 133 Å². The van der Waals surface area contributed by atoms with E-state index < -0.39 is 5.76 Å². The van der Waals surface area contributed by atoms with Crippen LogP contribution < -0.4 is 5.76 Å². The second kappa shape index (κ2) is 14.0. The molecule has 0 saturated carbocycles. The van der Waals surface area contributed by atoms with Crippen LogP contribution >= 0.6 is 27.0 Å². The highest BCUT2D eigenvalue weighted by Gasteiger charge is 2.28. The van der Waals surface area contributed by atoms with E-state index in [2.05, 4.69) is 25.5 Å². The van der Waals surface area contributed by atoms with Gasteiger partial charge in [0.15, 0.2) is 5.58 Å². The largest absolute Gasteiger partial charge is 0.420 e. The third kappa shape index (κ3) is 7.19. The number of nitrogens with zero attached hydrogens (tertiary/aromatic N) is 6. The van der Waals surface area contributed by atoms with Gasteiger partial charge in [-0.15, -0.1) is 10.2 Å². The van der Waals surface area contributed by atoms with E-state index in [9.17, 15) is 14.7 Å². The number of rotatable bonds is 9. The molecule has 226 valence electrons. The van der Waals surface area contributed by atoms with E-state index in [4.69, 9.17) is 4.42 Å². The summed E-state index contributed by atoms with van der Waals surface area (Å²) < 4.78 is 7.07. The number of amides is 1. The molecule has 6 rings (SSSR count). The molecule has 0 radical (unpaired) electrons. The summed E-state index contributed by atoms with van der Waals surface area (Å²) in [6.45, 7) is 2.38. The van der Waals surface area contributed by atoms with Gasteiger partial charge < -0.3 is 14.4 Å². The van der Waals surface area contributed by atoms with Gasteiger partial charge in [0.1, 0.15) is 0 Å². The number of likely N-dealkylation sites (tertiary alicyclic amines) is 1. The molecule has 0 aliphatic carbocycles. The summed E-state index contributed by atoms with van der Waals surface area (Å²) in [4.78, 5) is 30.3. The molecule has 2 N–H and O–H groups in total. The molecule has 3 aromatic carbocycles. The minimum atomic E-state index is -0.459. The molecule has 1 aliphatic rings. The smallest absolute Gasteiger partial charge is 0.408 e. The lowest BCUT2D eigenvalue weighted by Gasteiger charge is -2.32. The Morgan fingerprint density at radius 1 is 1.09 bits per heavy atom. The van der Waals surface area contributed by atoms with Gasteiger partial charge in [-0.2, -0.15) is 32.2 Å². The standard InChI is InChI=1S/C30H31N7O4.2H2S/c1-35(26(22-5-3-2-4-6-22)19-36-14-13-24(38)18-36)28(39)16-21-9-12-27-25(15-21)37(30(40)41-27)17-20-7-10-23(11-8-20)29-31-33-34-32-29;;/h2-12,15,24,26,38H,13-14,16-19H2,1H3,(H,31,32,33,34);2*1H2/t24-,26+;;/m0../s1. The van der Waals surface area contributed by atoms with Crippen molar-refractivity contribution in [3.05, 3.63) is 100 Å². The average molecular weight is 622 g/mol.